The number of imide groups is 2. The van der Waals surface area contributed by atoms with Crippen LogP contribution in [0.3, 0.4) is 0 Å². The second kappa shape index (κ2) is 10.2. The molecule has 39 heavy (non-hydrogen) atoms. The summed E-state index contributed by atoms with van der Waals surface area (Å²) in [6.45, 7) is 1.58. The summed E-state index contributed by atoms with van der Waals surface area (Å²) in [5.74, 6) is -3.95. The number of hydrogen-bond acceptors (Lipinski definition) is 8. The van der Waals surface area contributed by atoms with Gasteiger partial charge in [-0.1, -0.05) is 6.07 Å². The van der Waals surface area contributed by atoms with Crippen molar-refractivity contribution in [3.63, 3.8) is 0 Å². The van der Waals surface area contributed by atoms with Gasteiger partial charge in [0.05, 0.1) is 42.9 Å². The Labute approximate surface area is 222 Å². The molecule has 2 aliphatic rings. The third-order valence-corrected chi connectivity index (χ3v) is 6.52. The lowest BCUT2D eigenvalue weighted by atomic mass is 9.99. The highest BCUT2D eigenvalue weighted by Gasteiger charge is 2.71. The van der Waals surface area contributed by atoms with Gasteiger partial charge in [0, 0.05) is 17.5 Å². The van der Waals surface area contributed by atoms with Crippen LogP contribution >= 0.6 is 12.6 Å². The summed E-state index contributed by atoms with van der Waals surface area (Å²) in [6.07, 6.45) is -6.87. The van der Waals surface area contributed by atoms with Gasteiger partial charge in [-0.3, -0.25) is 14.6 Å². The first kappa shape index (κ1) is 28.5. The number of thiol groups is 1. The Morgan fingerprint density at radius 3 is 2.46 bits per heavy atom. The first-order valence-corrected chi connectivity index (χ1v) is 11.6. The van der Waals surface area contributed by atoms with Gasteiger partial charge in [-0.25, -0.2) is 19.6 Å². The molecular weight excluding hydrogens is 556 g/mol. The van der Waals surface area contributed by atoms with Crippen molar-refractivity contribution in [3.05, 3.63) is 53.5 Å². The van der Waals surface area contributed by atoms with Crippen LogP contribution in [-0.4, -0.2) is 64.2 Å². The number of alkyl halides is 6. The van der Waals surface area contributed by atoms with E-state index >= 15 is 0 Å². The van der Waals surface area contributed by atoms with Crippen LogP contribution in [0, 0.1) is 0 Å². The van der Waals surface area contributed by atoms with Crippen LogP contribution in [-0.2, 0) is 20.5 Å². The number of rotatable bonds is 4. The zero-order chi connectivity index (χ0) is 28.8. The summed E-state index contributed by atoms with van der Waals surface area (Å²) in [4.78, 5) is 46.2. The minimum atomic E-state index is -5.41. The quantitative estimate of drug-likeness (QED) is 0.248. The summed E-state index contributed by atoms with van der Waals surface area (Å²) >= 11 is 3.72. The standard InChI is InChI=1S/C23H19F6N5O4S/c1-21(23(27,28)29)19(36)33(17-10-31-14(9-32-17)15-11-38-7-6-30-15)20(37)34(21)18(35)5-3-12-2-4-16(39)13(8-12)22(24,25)26/h2-5,8-10,15,30,39H,6-7,11H2,1H3/b5-3+. The van der Waals surface area contributed by atoms with E-state index in [0.717, 1.165) is 30.6 Å². The number of urea groups is 1. The maximum absolute atomic E-state index is 14.2. The maximum atomic E-state index is 14.2. The highest BCUT2D eigenvalue weighted by atomic mass is 32.1. The van der Waals surface area contributed by atoms with Gasteiger partial charge >= 0.3 is 18.4 Å². The fraction of sp³-hybridized carbons (Fsp3) is 0.348. The Balaban J connectivity index is 1.66. The Bertz CT molecular complexity index is 1330. The van der Waals surface area contributed by atoms with Crippen molar-refractivity contribution < 1.29 is 45.5 Å². The third kappa shape index (κ3) is 5.23. The predicted octanol–water partition coefficient (Wildman–Crippen LogP) is 3.77. The number of nitrogens with zero attached hydrogens (tertiary/aromatic N) is 4. The summed E-state index contributed by atoms with van der Waals surface area (Å²) in [6, 6.07) is 0.721. The van der Waals surface area contributed by atoms with E-state index in [1.807, 2.05) is 0 Å². The van der Waals surface area contributed by atoms with E-state index in [0.29, 0.717) is 37.9 Å². The van der Waals surface area contributed by atoms with Gasteiger partial charge in [-0.05, 0) is 30.7 Å². The summed E-state index contributed by atoms with van der Waals surface area (Å²) < 4.78 is 87.2. The van der Waals surface area contributed by atoms with Gasteiger partial charge in [0.25, 0.3) is 11.8 Å². The molecule has 2 aliphatic heterocycles. The van der Waals surface area contributed by atoms with Crippen molar-refractivity contribution in [1.82, 2.24) is 20.2 Å². The van der Waals surface area contributed by atoms with Crippen molar-refractivity contribution >= 4 is 42.4 Å². The van der Waals surface area contributed by atoms with Gasteiger partial charge in [0.1, 0.15) is 0 Å². The zero-order valence-corrected chi connectivity index (χ0v) is 20.8. The highest BCUT2D eigenvalue weighted by molar-refractivity contribution is 7.80. The molecule has 0 saturated carbocycles. The van der Waals surface area contributed by atoms with Gasteiger partial charge < -0.3 is 10.1 Å². The zero-order valence-electron chi connectivity index (χ0n) is 19.9. The second-order valence-electron chi connectivity index (χ2n) is 8.66. The molecule has 4 rings (SSSR count). The number of anilines is 1. The van der Waals surface area contributed by atoms with Crippen molar-refractivity contribution in [1.29, 1.82) is 0 Å². The topological polar surface area (TPSA) is 105 Å². The van der Waals surface area contributed by atoms with Crippen LogP contribution in [0.2, 0.25) is 0 Å². The van der Waals surface area contributed by atoms with Gasteiger partial charge in [0.15, 0.2) is 5.82 Å². The fourth-order valence-electron chi connectivity index (χ4n) is 3.96. The number of ether oxygens (including phenoxy) is 1. The first-order chi connectivity index (χ1) is 18.2. The number of carbonyl (C=O) groups is 3. The van der Waals surface area contributed by atoms with Gasteiger partial charge in [0.2, 0.25) is 5.54 Å². The smallest absolute Gasteiger partial charge is 0.378 e. The fourth-order valence-corrected chi connectivity index (χ4v) is 4.23. The largest absolute Gasteiger partial charge is 0.421 e. The highest BCUT2D eigenvalue weighted by Crippen LogP contribution is 2.43. The van der Waals surface area contributed by atoms with Crippen LogP contribution < -0.4 is 10.2 Å². The minimum Gasteiger partial charge on any atom is -0.378 e. The molecular formula is C23H19F6N5O4S. The predicted molar refractivity (Wildman–Crippen MR) is 126 cm³/mol. The first-order valence-electron chi connectivity index (χ1n) is 11.2. The maximum Gasteiger partial charge on any atom is 0.421 e. The van der Waals surface area contributed by atoms with Gasteiger partial charge in [-0.2, -0.15) is 26.3 Å². The molecule has 2 atom stereocenters. The van der Waals surface area contributed by atoms with Crippen molar-refractivity contribution in [2.75, 3.05) is 24.7 Å². The Morgan fingerprint density at radius 2 is 1.90 bits per heavy atom. The van der Waals surface area contributed by atoms with Crippen LogP contribution in [0.1, 0.15) is 29.8 Å². The number of benzene rings is 1. The monoisotopic (exact) mass is 575 g/mol. The van der Waals surface area contributed by atoms with E-state index < -0.39 is 52.0 Å². The molecule has 2 fully saturated rings. The van der Waals surface area contributed by atoms with E-state index in [1.54, 1.807) is 0 Å². The summed E-state index contributed by atoms with van der Waals surface area (Å²) in [5.41, 5.74) is -4.64. The SMILES string of the molecule is CC1(C(F)(F)F)C(=O)N(c2cnc(C3COCCN3)cn2)C(=O)N1C(=O)/C=C/c1ccc(S)c(C(F)(F)F)c1. The average Bonchev–Trinajstić information content (AvgIpc) is 3.09. The number of hydrogen-bond donors (Lipinski definition) is 2. The Morgan fingerprint density at radius 1 is 1.18 bits per heavy atom. The van der Waals surface area contributed by atoms with E-state index in [4.69, 9.17) is 4.74 Å². The van der Waals surface area contributed by atoms with Crippen LogP contribution in [0.25, 0.3) is 6.08 Å². The molecule has 4 amide bonds. The van der Waals surface area contributed by atoms with E-state index in [-0.39, 0.29) is 28.0 Å². The minimum absolute atomic E-state index is 0.0816. The van der Waals surface area contributed by atoms with Gasteiger partial charge in [-0.15, -0.1) is 12.6 Å². The van der Waals surface area contributed by atoms with E-state index in [1.165, 1.54) is 0 Å². The number of morpholine rings is 1. The molecule has 1 aromatic heterocycles. The van der Waals surface area contributed by atoms with Crippen molar-refractivity contribution in [3.8, 4) is 0 Å². The lowest BCUT2D eigenvalue weighted by Gasteiger charge is -2.31. The van der Waals surface area contributed by atoms with E-state index in [2.05, 4.69) is 27.9 Å². The molecule has 9 nitrogen and oxygen atoms in total. The lowest BCUT2D eigenvalue weighted by molar-refractivity contribution is -0.209. The molecule has 0 radical (unpaired) electrons. The van der Waals surface area contributed by atoms with Crippen LogP contribution in [0.4, 0.5) is 37.0 Å². The molecule has 16 heteroatoms. The molecule has 1 N–H and O–H groups in total. The average molecular weight is 575 g/mol. The van der Waals surface area contributed by atoms with E-state index in [9.17, 15) is 40.7 Å². The second-order valence-corrected chi connectivity index (χ2v) is 9.14. The molecule has 2 aromatic rings. The molecule has 0 spiro atoms. The molecule has 0 aliphatic carbocycles. The van der Waals surface area contributed by atoms with Crippen molar-refractivity contribution in [2.45, 2.75) is 35.8 Å². The number of carbonyl (C=O) groups excluding carboxylic acids is 3. The number of nitrogens with one attached hydrogen (secondary N) is 1. The molecule has 3 heterocycles. The Kier molecular flexibility index (Phi) is 7.48. The molecule has 2 unspecified atom stereocenters. The lowest BCUT2D eigenvalue weighted by Crippen LogP contribution is -2.59. The third-order valence-electron chi connectivity index (χ3n) is 6.13. The number of amides is 4. The summed E-state index contributed by atoms with van der Waals surface area (Å²) in [5, 5.41) is 3.09. The normalized spacial score (nSPS) is 22.7. The van der Waals surface area contributed by atoms with Crippen molar-refractivity contribution in [2.24, 2.45) is 0 Å². The molecule has 2 saturated heterocycles. The number of aromatic nitrogens is 2. The molecule has 0 bridgehead atoms. The number of halogens is 6. The Hall–Kier alpha value is -3.50. The van der Waals surface area contributed by atoms with Crippen LogP contribution in [0.15, 0.2) is 41.6 Å². The molecule has 1 aromatic carbocycles. The molecule has 208 valence electrons. The van der Waals surface area contributed by atoms with Crippen LogP contribution in [0.5, 0.6) is 0 Å². The summed E-state index contributed by atoms with van der Waals surface area (Å²) in [7, 11) is 0.